The molecule has 0 fully saturated rings. The smallest absolute Gasteiger partial charge is 0.308 e. The van der Waals surface area contributed by atoms with Crippen LogP contribution in [0.15, 0.2) is 0 Å². The van der Waals surface area contributed by atoms with Crippen LogP contribution in [0.2, 0.25) is 0 Å². The minimum atomic E-state index is -0.0809. The van der Waals surface area contributed by atoms with Crippen molar-refractivity contribution in [2.24, 2.45) is 11.8 Å². The molecule has 3 nitrogen and oxygen atoms in total. The van der Waals surface area contributed by atoms with Crippen molar-refractivity contribution in [3.63, 3.8) is 0 Å². The van der Waals surface area contributed by atoms with Crippen LogP contribution in [0, 0.1) is 11.8 Å². The van der Waals surface area contributed by atoms with E-state index in [1.807, 2.05) is 20.8 Å². The van der Waals surface area contributed by atoms with Gasteiger partial charge >= 0.3 is 5.97 Å². The summed E-state index contributed by atoms with van der Waals surface area (Å²) in [6.07, 6.45) is 1.82. The topological polar surface area (TPSA) is 35.5 Å². The van der Waals surface area contributed by atoms with Gasteiger partial charge in [0.1, 0.15) is 0 Å². The van der Waals surface area contributed by atoms with E-state index in [4.69, 9.17) is 9.47 Å². The Hall–Kier alpha value is 0.160. The summed E-state index contributed by atoms with van der Waals surface area (Å²) in [4.78, 5) is 11.8. The zero-order valence-electron chi connectivity index (χ0n) is 12.2. The third-order valence-electron chi connectivity index (χ3n) is 3.13. The maximum Gasteiger partial charge on any atom is 0.308 e. The Balaban J connectivity index is 3.81. The van der Waals surface area contributed by atoms with Crippen molar-refractivity contribution >= 4 is 28.6 Å². The van der Waals surface area contributed by atoms with E-state index >= 15 is 0 Å². The molecule has 4 heteroatoms. The Morgan fingerprint density at radius 2 is 1.83 bits per heavy atom. The quantitative estimate of drug-likeness (QED) is 0.352. The Kier molecular flexibility index (Phi) is 10.1. The van der Waals surface area contributed by atoms with Crippen molar-refractivity contribution in [3.8, 4) is 0 Å². The lowest BCUT2D eigenvalue weighted by atomic mass is 9.95. The molecule has 0 aromatic carbocycles. The molecule has 0 aliphatic carbocycles. The summed E-state index contributed by atoms with van der Waals surface area (Å²) in [6.45, 7) is 11.4. The summed E-state index contributed by atoms with van der Waals surface area (Å²) < 4.78 is 11.2. The maximum atomic E-state index is 11.8. The van der Waals surface area contributed by atoms with E-state index in [2.05, 4.69) is 36.4 Å². The fourth-order valence-corrected chi connectivity index (χ4v) is 1.97. The number of halogens is 1. The van der Waals surface area contributed by atoms with Crippen molar-refractivity contribution < 1.29 is 14.3 Å². The van der Waals surface area contributed by atoms with Crippen LogP contribution in [-0.2, 0) is 14.3 Å². The molecule has 0 aromatic heterocycles. The van der Waals surface area contributed by atoms with Crippen LogP contribution >= 0.6 is 22.6 Å². The molecule has 108 valence electrons. The minimum absolute atomic E-state index is 0.0142. The largest absolute Gasteiger partial charge is 0.465 e. The van der Waals surface area contributed by atoms with E-state index < -0.39 is 0 Å². The van der Waals surface area contributed by atoms with Crippen molar-refractivity contribution in [3.05, 3.63) is 0 Å². The Morgan fingerprint density at radius 3 is 2.33 bits per heavy atom. The van der Waals surface area contributed by atoms with Crippen LogP contribution in [0.3, 0.4) is 0 Å². The van der Waals surface area contributed by atoms with Crippen LogP contribution in [0.25, 0.3) is 0 Å². The number of hydrogen-bond donors (Lipinski definition) is 0. The lowest BCUT2D eigenvalue weighted by Crippen LogP contribution is -2.21. The van der Waals surface area contributed by atoms with E-state index in [1.165, 1.54) is 0 Å². The fourth-order valence-electron chi connectivity index (χ4n) is 1.68. The molecule has 4 unspecified atom stereocenters. The number of rotatable bonds is 9. The van der Waals surface area contributed by atoms with E-state index in [0.29, 0.717) is 23.1 Å². The first-order chi connectivity index (χ1) is 8.38. The van der Waals surface area contributed by atoms with Gasteiger partial charge in [-0.25, -0.2) is 0 Å². The third-order valence-corrected chi connectivity index (χ3v) is 4.36. The van der Waals surface area contributed by atoms with Crippen LogP contribution in [-0.4, -0.2) is 29.2 Å². The molecule has 0 saturated carbocycles. The van der Waals surface area contributed by atoms with Crippen molar-refractivity contribution in [2.75, 3.05) is 13.2 Å². The molecule has 0 aliphatic rings. The van der Waals surface area contributed by atoms with Gasteiger partial charge in [-0.15, -0.1) is 0 Å². The molecule has 0 bridgehead atoms. The second-order valence-corrected chi connectivity index (χ2v) is 6.98. The van der Waals surface area contributed by atoms with E-state index in [9.17, 15) is 4.79 Å². The van der Waals surface area contributed by atoms with Crippen molar-refractivity contribution in [1.82, 2.24) is 0 Å². The van der Waals surface area contributed by atoms with Gasteiger partial charge in [-0.1, -0.05) is 43.4 Å². The molecule has 0 rings (SSSR count). The van der Waals surface area contributed by atoms with Gasteiger partial charge in [0.15, 0.2) is 0 Å². The van der Waals surface area contributed by atoms with Gasteiger partial charge < -0.3 is 9.47 Å². The SMILES string of the molecule is CCOC(C)CCOC(=O)C(C)CC(C)C(C)I. The summed E-state index contributed by atoms with van der Waals surface area (Å²) >= 11 is 2.40. The normalized spacial score (nSPS) is 17.9. The number of esters is 1. The molecule has 0 aliphatic heterocycles. The highest BCUT2D eigenvalue weighted by Gasteiger charge is 2.20. The van der Waals surface area contributed by atoms with Gasteiger partial charge in [-0.2, -0.15) is 0 Å². The Labute approximate surface area is 125 Å². The molecule has 0 heterocycles. The molecular weight excluding hydrogens is 343 g/mol. The Bertz CT molecular complexity index is 231. The first-order valence-electron chi connectivity index (χ1n) is 6.80. The van der Waals surface area contributed by atoms with Gasteiger partial charge in [0.2, 0.25) is 0 Å². The first-order valence-corrected chi connectivity index (χ1v) is 8.05. The average molecular weight is 370 g/mol. The van der Waals surface area contributed by atoms with Gasteiger partial charge in [0.05, 0.1) is 18.6 Å². The number of carbonyl (C=O) groups is 1. The highest BCUT2D eigenvalue weighted by Crippen LogP contribution is 2.21. The zero-order valence-corrected chi connectivity index (χ0v) is 14.4. The molecule has 18 heavy (non-hydrogen) atoms. The van der Waals surface area contributed by atoms with Crippen LogP contribution in [0.5, 0.6) is 0 Å². The predicted molar refractivity (Wildman–Crippen MR) is 83.1 cm³/mol. The van der Waals surface area contributed by atoms with Crippen LogP contribution in [0.1, 0.15) is 47.5 Å². The van der Waals surface area contributed by atoms with Crippen LogP contribution < -0.4 is 0 Å². The third kappa shape index (κ3) is 8.29. The molecule has 0 radical (unpaired) electrons. The predicted octanol–water partition coefficient (Wildman–Crippen LogP) is 3.83. The monoisotopic (exact) mass is 370 g/mol. The summed E-state index contributed by atoms with van der Waals surface area (Å²) in [7, 11) is 0. The zero-order chi connectivity index (χ0) is 14.1. The number of carbonyl (C=O) groups excluding carboxylic acids is 1. The molecule has 4 atom stereocenters. The van der Waals surface area contributed by atoms with Gasteiger partial charge in [-0.3, -0.25) is 4.79 Å². The Morgan fingerprint density at radius 1 is 1.22 bits per heavy atom. The number of alkyl halides is 1. The molecule has 0 spiro atoms. The molecule has 0 N–H and O–H groups in total. The lowest BCUT2D eigenvalue weighted by molar-refractivity contribution is -0.149. The summed E-state index contributed by atoms with van der Waals surface area (Å²) in [5.74, 6) is 0.442. The van der Waals surface area contributed by atoms with Crippen molar-refractivity contribution in [1.29, 1.82) is 0 Å². The van der Waals surface area contributed by atoms with Gasteiger partial charge in [0, 0.05) is 17.0 Å². The molecular formula is C14H27IO3. The second-order valence-electron chi connectivity index (χ2n) is 5.01. The van der Waals surface area contributed by atoms with E-state index in [-0.39, 0.29) is 18.0 Å². The summed E-state index contributed by atoms with van der Waals surface area (Å²) in [6, 6.07) is 0. The fraction of sp³-hybridized carbons (Fsp3) is 0.929. The number of hydrogen-bond acceptors (Lipinski definition) is 3. The first kappa shape index (κ1) is 18.2. The molecule has 0 saturated heterocycles. The average Bonchev–Trinajstić information content (AvgIpc) is 2.28. The van der Waals surface area contributed by atoms with Crippen molar-refractivity contribution in [2.45, 2.75) is 57.5 Å². The summed E-state index contributed by atoms with van der Waals surface area (Å²) in [5.41, 5.74) is 0. The maximum absolute atomic E-state index is 11.8. The molecule has 0 amide bonds. The van der Waals surface area contributed by atoms with E-state index in [1.54, 1.807) is 0 Å². The minimum Gasteiger partial charge on any atom is -0.465 e. The highest BCUT2D eigenvalue weighted by molar-refractivity contribution is 14.1. The van der Waals surface area contributed by atoms with Gasteiger partial charge in [-0.05, 0) is 26.2 Å². The lowest BCUT2D eigenvalue weighted by Gasteiger charge is -2.19. The number of ether oxygens (including phenoxy) is 2. The van der Waals surface area contributed by atoms with Crippen LogP contribution in [0.4, 0.5) is 0 Å². The second kappa shape index (κ2) is 10.0. The summed E-state index contributed by atoms with van der Waals surface area (Å²) in [5, 5.41) is 0. The van der Waals surface area contributed by atoms with E-state index in [0.717, 1.165) is 12.8 Å². The standard InChI is InChI=1S/C14H27IO3/c1-6-17-12(4)7-8-18-14(16)11(3)9-10(2)13(5)15/h10-13H,6-9H2,1-5H3. The molecule has 0 aromatic rings. The van der Waals surface area contributed by atoms with Gasteiger partial charge in [0.25, 0.3) is 0 Å². The highest BCUT2D eigenvalue weighted by atomic mass is 127.